The van der Waals surface area contributed by atoms with Gasteiger partial charge in [-0.1, -0.05) is 12.1 Å². The first-order chi connectivity index (χ1) is 9.22. The van der Waals surface area contributed by atoms with Gasteiger partial charge in [0.25, 0.3) is 0 Å². The van der Waals surface area contributed by atoms with Crippen LogP contribution in [0, 0.1) is 0 Å². The number of rotatable bonds is 2. The topological polar surface area (TPSA) is 69.6 Å². The van der Waals surface area contributed by atoms with Crippen molar-refractivity contribution in [3.8, 4) is 22.5 Å². The molecule has 0 aliphatic rings. The van der Waals surface area contributed by atoms with Gasteiger partial charge in [0.05, 0.1) is 30.0 Å². The van der Waals surface area contributed by atoms with E-state index in [2.05, 4.69) is 15.1 Å². The second kappa shape index (κ2) is 4.53. The summed E-state index contributed by atoms with van der Waals surface area (Å²) >= 11 is 0. The van der Waals surface area contributed by atoms with E-state index in [4.69, 9.17) is 5.73 Å². The molecule has 94 valence electrons. The predicted molar refractivity (Wildman–Crippen MR) is 74.1 cm³/mol. The number of nitrogens with two attached hydrogens (primary N) is 1. The van der Waals surface area contributed by atoms with E-state index in [0.29, 0.717) is 0 Å². The zero-order valence-corrected chi connectivity index (χ0v) is 10.5. The average molecular weight is 251 g/mol. The van der Waals surface area contributed by atoms with Crippen LogP contribution in [0.4, 0.5) is 5.69 Å². The number of anilines is 1. The van der Waals surface area contributed by atoms with E-state index >= 15 is 0 Å². The highest BCUT2D eigenvalue weighted by Crippen LogP contribution is 2.21. The van der Waals surface area contributed by atoms with Gasteiger partial charge < -0.3 is 5.73 Å². The Bertz CT molecular complexity index is 700. The lowest BCUT2D eigenvalue weighted by Gasteiger charge is -2.03. The van der Waals surface area contributed by atoms with Gasteiger partial charge >= 0.3 is 0 Å². The van der Waals surface area contributed by atoms with Crippen molar-refractivity contribution in [1.29, 1.82) is 0 Å². The zero-order valence-electron chi connectivity index (χ0n) is 10.5. The Morgan fingerprint density at radius 2 is 1.63 bits per heavy atom. The molecule has 3 aromatic rings. The molecule has 0 amide bonds. The summed E-state index contributed by atoms with van der Waals surface area (Å²) in [5, 5.41) is 4.14. The van der Waals surface area contributed by atoms with Crippen LogP contribution < -0.4 is 5.73 Å². The fourth-order valence-electron chi connectivity index (χ4n) is 1.85. The first kappa shape index (κ1) is 11.4. The Morgan fingerprint density at radius 1 is 0.947 bits per heavy atom. The summed E-state index contributed by atoms with van der Waals surface area (Å²) in [6.45, 7) is 0. The minimum absolute atomic E-state index is 0.736. The van der Waals surface area contributed by atoms with Crippen LogP contribution in [0.3, 0.4) is 0 Å². The van der Waals surface area contributed by atoms with Gasteiger partial charge in [0.1, 0.15) is 0 Å². The van der Waals surface area contributed by atoms with Crippen molar-refractivity contribution >= 4 is 5.69 Å². The van der Waals surface area contributed by atoms with Crippen molar-refractivity contribution in [3.63, 3.8) is 0 Å². The van der Waals surface area contributed by atoms with Crippen molar-refractivity contribution < 1.29 is 0 Å². The molecule has 2 heterocycles. The molecule has 0 saturated heterocycles. The number of hydrogen-bond acceptors (Lipinski definition) is 4. The predicted octanol–water partition coefficient (Wildman–Crippen LogP) is 2.13. The standard InChI is InChI=1S/C14H13N5/c1-19-9-11(6-17-19)14-8-16-7-13(18-14)10-2-4-12(15)5-3-10/h2-9H,15H2,1H3. The second-order valence-corrected chi connectivity index (χ2v) is 4.31. The zero-order chi connectivity index (χ0) is 13.2. The summed E-state index contributed by atoms with van der Waals surface area (Å²) in [5.41, 5.74) is 9.99. The SMILES string of the molecule is Cn1cc(-c2cncc(-c3ccc(N)cc3)n2)cn1. The van der Waals surface area contributed by atoms with Gasteiger partial charge in [-0.3, -0.25) is 9.67 Å². The number of benzene rings is 1. The summed E-state index contributed by atoms with van der Waals surface area (Å²) < 4.78 is 1.74. The summed E-state index contributed by atoms with van der Waals surface area (Å²) in [6, 6.07) is 7.58. The molecule has 2 N–H and O–H groups in total. The van der Waals surface area contributed by atoms with Crippen LogP contribution in [0.25, 0.3) is 22.5 Å². The number of aromatic nitrogens is 4. The van der Waals surface area contributed by atoms with Gasteiger partial charge in [-0.2, -0.15) is 5.10 Å². The molecule has 0 fully saturated rings. The number of nitrogen functional groups attached to an aromatic ring is 1. The van der Waals surface area contributed by atoms with Gasteiger partial charge in [0, 0.05) is 30.1 Å². The molecular formula is C14H13N5. The van der Waals surface area contributed by atoms with Crippen LogP contribution in [0.5, 0.6) is 0 Å². The maximum Gasteiger partial charge on any atom is 0.0924 e. The third kappa shape index (κ3) is 2.30. The number of hydrogen-bond donors (Lipinski definition) is 1. The Kier molecular flexibility index (Phi) is 2.72. The fourth-order valence-corrected chi connectivity index (χ4v) is 1.85. The summed E-state index contributed by atoms with van der Waals surface area (Å²) in [6.07, 6.45) is 7.16. The maximum absolute atomic E-state index is 5.68. The maximum atomic E-state index is 5.68. The Morgan fingerprint density at radius 3 is 2.26 bits per heavy atom. The number of nitrogens with zero attached hydrogens (tertiary/aromatic N) is 4. The quantitative estimate of drug-likeness (QED) is 0.708. The molecule has 0 saturated carbocycles. The second-order valence-electron chi connectivity index (χ2n) is 4.31. The summed E-state index contributed by atoms with van der Waals surface area (Å²) in [5.74, 6) is 0. The van der Waals surface area contributed by atoms with E-state index in [-0.39, 0.29) is 0 Å². The summed E-state index contributed by atoms with van der Waals surface area (Å²) in [7, 11) is 1.88. The van der Waals surface area contributed by atoms with Gasteiger partial charge in [-0.05, 0) is 12.1 Å². The van der Waals surface area contributed by atoms with E-state index in [1.807, 2.05) is 37.5 Å². The third-order valence-electron chi connectivity index (χ3n) is 2.84. The molecule has 2 aromatic heterocycles. The van der Waals surface area contributed by atoms with Crippen molar-refractivity contribution in [2.45, 2.75) is 0 Å². The van der Waals surface area contributed by atoms with E-state index < -0.39 is 0 Å². The lowest BCUT2D eigenvalue weighted by atomic mass is 10.1. The molecule has 0 bridgehead atoms. The van der Waals surface area contributed by atoms with Crippen LogP contribution in [0.1, 0.15) is 0 Å². The lowest BCUT2D eigenvalue weighted by Crippen LogP contribution is -1.90. The molecule has 5 heteroatoms. The van der Waals surface area contributed by atoms with Crippen LogP contribution in [-0.4, -0.2) is 19.7 Å². The smallest absolute Gasteiger partial charge is 0.0924 e. The van der Waals surface area contributed by atoms with Crippen molar-refractivity contribution in [1.82, 2.24) is 19.7 Å². The monoisotopic (exact) mass is 251 g/mol. The minimum atomic E-state index is 0.736. The third-order valence-corrected chi connectivity index (χ3v) is 2.84. The molecule has 3 rings (SSSR count). The summed E-state index contributed by atoms with van der Waals surface area (Å²) in [4.78, 5) is 8.84. The van der Waals surface area contributed by atoms with Gasteiger partial charge in [-0.25, -0.2) is 4.98 Å². The largest absolute Gasteiger partial charge is 0.399 e. The first-order valence-electron chi connectivity index (χ1n) is 5.89. The molecule has 1 aromatic carbocycles. The minimum Gasteiger partial charge on any atom is -0.399 e. The molecular weight excluding hydrogens is 238 g/mol. The van der Waals surface area contributed by atoms with Gasteiger partial charge in [0.15, 0.2) is 0 Å². The van der Waals surface area contributed by atoms with Gasteiger partial charge in [0.2, 0.25) is 0 Å². The van der Waals surface area contributed by atoms with E-state index in [1.165, 1.54) is 0 Å². The van der Waals surface area contributed by atoms with Gasteiger partial charge in [-0.15, -0.1) is 0 Å². The van der Waals surface area contributed by atoms with Crippen LogP contribution in [0.2, 0.25) is 0 Å². The van der Waals surface area contributed by atoms with E-state index in [1.54, 1.807) is 23.3 Å². The highest BCUT2D eigenvalue weighted by molar-refractivity contribution is 5.65. The van der Waals surface area contributed by atoms with Crippen LogP contribution in [0.15, 0.2) is 49.1 Å². The average Bonchev–Trinajstić information content (AvgIpc) is 2.86. The first-order valence-corrected chi connectivity index (χ1v) is 5.89. The lowest BCUT2D eigenvalue weighted by molar-refractivity contribution is 0.768. The van der Waals surface area contributed by atoms with Crippen molar-refractivity contribution in [2.75, 3.05) is 5.73 Å². The molecule has 0 atom stereocenters. The molecule has 5 nitrogen and oxygen atoms in total. The molecule has 0 aliphatic carbocycles. The Labute approximate surface area is 110 Å². The molecule has 0 aliphatic heterocycles. The normalized spacial score (nSPS) is 10.6. The van der Waals surface area contributed by atoms with E-state index in [9.17, 15) is 0 Å². The fraction of sp³-hybridized carbons (Fsp3) is 0.0714. The van der Waals surface area contributed by atoms with Crippen molar-refractivity contribution in [2.24, 2.45) is 7.05 Å². The van der Waals surface area contributed by atoms with Crippen molar-refractivity contribution in [3.05, 3.63) is 49.1 Å². The molecule has 0 spiro atoms. The molecule has 0 unspecified atom stereocenters. The van der Waals surface area contributed by atoms with Crippen LogP contribution >= 0.6 is 0 Å². The highest BCUT2D eigenvalue weighted by Gasteiger charge is 2.05. The van der Waals surface area contributed by atoms with E-state index in [0.717, 1.165) is 28.2 Å². The number of aryl methyl sites for hydroxylation is 1. The molecule has 0 radical (unpaired) electrons. The highest BCUT2D eigenvalue weighted by atomic mass is 15.2. The Balaban J connectivity index is 2.02. The molecule has 19 heavy (non-hydrogen) atoms. The van der Waals surface area contributed by atoms with Crippen LogP contribution in [-0.2, 0) is 7.05 Å². The Hall–Kier alpha value is -2.69.